The lowest BCUT2D eigenvalue weighted by molar-refractivity contribution is 0.415. The molecule has 0 aromatic heterocycles. The third-order valence-corrected chi connectivity index (χ3v) is 4.88. The third kappa shape index (κ3) is 1.58. The average Bonchev–Trinajstić information content (AvgIpc) is 2.99. The molecule has 15 heavy (non-hydrogen) atoms. The lowest BCUT2D eigenvalue weighted by atomic mass is 10.0. The molecular weight excluding hydrogens is 212 g/mol. The number of sulfone groups is 1. The molecule has 2 aliphatic heterocycles. The van der Waals surface area contributed by atoms with E-state index in [1.807, 2.05) is 12.1 Å². The van der Waals surface area contributed by atoms with E-state index < -0.39 is 9.84 Å². The number of aryl methyl sites for hydroxylation is 1. The molecule has 0 aliphatic carbocycles. The van der Waals surface area contributed by atoms with E-state index >= 15 is 0 Å². The van der Waals surface area contributed by atoms with Crippen LogP contribution in [0.4, 0.5) is 0 Å². The summed E-state index contributed by atoms with van der Waals surface area (Å²) in [5.41, 5.74) is 2.08. The quantitative estimate of drug-likeness (QED) is 0.679. The van der Waals surface area contributed by atoms with Crippen molar-refractivity contribution in [1.29, 1.82) is 0 Å². The first kappa shape index (κ1) is 9.36. The van der Waals surface area contributed by atoms with Crippen LogP contribution in [0, 0.1) is 0 Å². The molecule has 3 rings (SSSR count). The van der Waals surface area contributed by atoms with Crippen LogP contribution < -0.4 is 0 Å². The maximum absolute atomic E-state index is 11.7. The van der Waals surface area contributed by atoms with Gasteiger partial charge in [-0.05, 0) is 30.0 Å². The van der Waals surface area contributed by atoms with Crippen LogP contribution in [0.15, 0.2) is 23.1 Å². The van der Waals surface area contributed by atoms with Gasteiger partial charge in [-0.1, -0.05) is 12.1 Å². The summed E-state index contributed by atoms with van der Waals surface area (Å²) in [6.45, 7) is 0.769. The Bertz CT molecular complexity index is 501. The molecule has 4 heteroatoms. The predicted molar refractivity (Wildman–Crippen MR) is 55.5 cm³/mol. The minimum Gasteiger partial charge on any atom is -0.368 e. The zero-order valence-corrected chi connectivity index (χ0v) is 9.09. The van der Waals surface area contributed by atoms with Gasteiger partial charge in [-0.25, -0.2) is 8.42 Å². The van der Waals surface area contributed by atoms with Gasteiger partial charge in [0.1, 0.15) is 6.10 Å². The number of fused-ring (bicyclic) bond motifs is 1. The summed E-state index contributed by atoms with van der Waals surface area (Å²) in [7, 11) is -3.00. The molecule has 0 bridgehead atoms. The van der Waals surface area contributed by atoms with Gasteiger partial charge >= 0.3 is 0 Å². The van der Waals surface area contributed by atoms with Gasteiger partial charge in [0.25, 0.3) is 0 Å². The van der Waals surface area contributed by atoms with Crippen LogP contribution in [-0.4, -0.2) is 20.8 Å². The second-order valence-electron chi connectivity index (χ2n) is 4.11. The molecule has 1 saturated heterocycles. The standard InChI is InChI=1S/C11H12O3S/c12-15(13)5-1-2-9-6-8(10-7-14-10)3-4-11(9)15/h3-4,6,10H,1-2,5,7H2. The van der Waals surface area contributed by atoms with Crippen LogP contribution >= 0.6 is 0 Å². The van der Waals surface area contributed by atoms with E-state index in [0.29, 0.717) is 10.6 Å². The number of benzene rings is 1. The first-order valence-corrected chi connectivity index (χ1v) is 6.79. The van der Waals surface area contributed by atoms with Crippen LogP contribution in [0.3, 0.4) is 0 Å². The van der Waals surface area contributed by atoms with Crippen LogP contribution in [-0.2, 0) is 21.0 Å². The summed E-state index contributed by atoms with van der Waals surface area (Å²) < 4.78 is 28.7. The molecule has 1 atom stereocenters. The number of hydrogen-bond donors (Lipinski definition) is 0. The van der Waals surface area contributed by atoms with Gasteiger partial charge in [0.05, 0.1) is 17.3 Å². The Kier molecular flexibility index (Phi) is 1.91. The third-order valence-electron chi connectivity index (χ3n) is 2.98. The second kappa shape index (κ2) is 3.06. The molecule has 1 fully saturated rings. The van der Waals surface area contributed by atoms with E-state index in [2.05, 4.69) is 0 Å². The molecule has 0 radical (unpaired) electrons. The SMILES string of the molecule is O=S1(=O)CCCc2cc(C3CO3)ccc21. The fourth-order valence-electron chi connectivity index (χ4n) is 2.10. The Morgan fingerprint density at radius 1 is 1.33 bits per heavy atom. The topological polar surface area (TPSA) is 46.7 Å². The Labute approximate surface area is 89.0 Å². The monoisotopic (exact) mass is 224 g/mol. The summed E-state index contributed by atoms with van der Waals surface area (Å²) in [5, 5.41) is 0. The molecule has 2 heterocycles. The van der Waals surface area contributed by atoms with Gasteiger partial charge in [-0.3, -0.25) is 0 Å². The molecule has 0 spiro atoms. The van der Waals surface area contributed by atoms with Crippen LogP contribution in [0.5, 0.6) is 0 Å². The Hall–Kier alpha value is -0.870. The summed E-state index contributed by atoms with van der Waals surface area (Å²) in [4.78, 5) is 0.526. The summed E-state index contributed by atoms with van der Waals surface area (Å²) >= 11 is 0. The number of hydrogen-bond acceptors (Lipinski definition) is 3. The van der Waals surface area contributed by atoms with E-state index in [-0.39, 0.29) is 6.10 Å². The lowest BCUT2D eigenvalue weighted by Crippen LogP contribution is -2.16. The van der Waals surface area contributed by atoms with E-state index in [1.165, 1.54) is 0 Å². The molecule has 0 N–H and O–H groups in total. The summed E-state index contributed by atoms with van der Waals surface area (Å²) in [6, 6.07) is 5.60. The van der Waals surface area contributed by atoms with Gasteiger partial charge in [0, 0.05) is 0 Å². The average molecular weight is 224 g/mol. The van der Waals surface area contributed by atoms with Crippen molar-refractivity contribution in [2.75, 3.05) is 12.4 Å². The molecule has 0 saturated carbocycles. The van der Waals surface area contributed by atoms with E-state index in [1.54, 1.807) is 6.07 Å². The van der Waals surface area contributed by atoms with Crippen LogP contribution in [0.25, 0.3) is 0 Å². The van der Waals surface area contributed by atoms with Gasteiger partial charge in [0.15, 0.2) is 9.84 Å². The molecule has 2 aliphatic rings. The van der Waals surface area contributed by atoms with Crippen molar-refractivity contribution < 1.29 is 13.2 Å². The fraction of sp³-hybridized carbons (Fsp3) is 0.455. The lowest BCUT2D eigenvalue weighted by Gasteiger charge is -2.16. The molecular formula is C11H12O3S. The molecule has 1 aromatic rings. The van der Waals surface area contributed by atoms with E-state index in [9.17, 15) is 8.42 Å². The van der Waals surface area contributed by atoms with Crippen molar-refractivity contribution in [2.45, 2.75) is 23.8 Å². The highest BCUT2D eigenvalue weighted by Gasteiger charge is 2.28. The fourth-order valence-corrected chi connectivity index (χ4v) is 3.68. The molecule has 1 unspecified atom stereocenters. The van der Waals surface area contributed by atoms with Crippen molar-refractivity contribution in [3.05, 3.63) is 29.3 Å². The number of epoxide rings is 1. The number of rotatable bonds is 1. The van der Waals surface area contributed by atoms with Gasteiger partial charge in [-0.15, -0.1) is 0 Å². The minimum absolute atomic E-state index is 0.208. The molecule has 1 aromatic carbocycles. The maximum atomic E-state index is 11.7. The highest BCUT2D eigenvalue weighted by molar-refractivity contribution is 7.91. The Morgan fingerprint density at radius 3 is 2.87 bits per heavy atom. The second-order valence-corrected chi connectivity index (χ2v) is 6.19. The van der Waals surface area contributed by atoms with E-state index in [0.717, 1.165) is 30.6 Å². The maximum Gasteiger partial charge on any atom is 0.178 e. The first-order chi connectivity index (χ1) is 7.17. The van der Waals surface area contributed by atoms with Crippen molar-refractivity contribution in [3.8, 4) is 0 Å². The summed E-state index contributed by atoms with van der Waals surface area (Å²) in [6.07, 6.45) is 1.82. The van der Waals surface area contributed by atoms with Crippen LogP contribution in [0.1, 0.15) is 23.7 Å². The van der Waals surface area contributed by atoms with Crippen molar-refractivity contribution in [3.63, 3.8) is 0 Å². The first-order valence-electron chi connectivity index (χ1n) is 5.14. The summed E-state index contributed by atoms with van der Waals surface area (Å²) in [5.74, 6) is 0.291. The molecule has 80 valence electrons. The van der Waals surface area contributed by atoms with Crippen LogP contribution in [0.2, 0.25) is 0 Å². The minimum atomic E-state index is -3.00. The smallest absolute Gasteiger partial charge is 0.178 e. The zero-order chi connectivity index (χ0) is 10.5. The van der Waals surface area contributed by atoms with Crippen molar-refractivity contribution in [1.82, 2.24) is 0 Å². The Balaban J connectivity index is 2.12. The predicted octanol–water partition coefficient (Wildman–Crippen LogP) is 1.48. The van der Waals surface area contributed by atoms with Gasteiger partial charge < -0.3 is 4.74 Å². The van der Waals surface area contributed by atoms with Crippen molar-refractivity contribution in [2.24, 2.45) is 0 Å². The van der Waals surface area contributed by atoms with E-state index in [4.69, 9.17) is 4.74 Å². The highest BCUT2D eigenvalue weighted by atomic mass is 32.2. The Morgan fingerprint density at radius 2 is 2.13 bits per heavy atom. The van der Waals surface area contributed by atoms with Gasteiger partial charge in [0.2, 0.25) is 0 Å². The van der Waals surface area contributed by atoms with Crippen molar-refractivity contribution >= 4 is 9.84 Å². The molecule has 3 nitrogen and oxygen atoms in total. The molecule has 0 amide bonds. The highest BCUT2D eigenvalue weighted by Crippen LogP contribution is 2.33. The number of ether oxygens (including phenoxy) is 1. The largest absolute Gasteiger partial charge is 0.368 e. The zero-order valence-electron chi connectivity index (χ0n) is 8.27. The van der Waals surface area contributed by atoms with Gasteiger partial charge in [-0.2, -0.15) is 0 Å². The normalized spacial score (nSPS) is 27.1.